The van der Waals surface area contributed by atoms with Gasteiger partial charge in [-0.25, -0.2) is 9.18 Å². The lowest BCUT2D eigenvalue weighted by molar-refractivity contribution is -0.137. The fourth-order valence-corrected chi connectivity index (χ4v) is 4.24. The van der Waals surface area contributed by atoms with E-state index in [-0.39, 0.29) is 16.8 Å². The minimum absolute atomic E-state index is 0.0831. The molecule has 2 aliphatic carbocycles. The highest BCUT2D eigenvalue weighted by Gasteiger charge is 2.53. The molecule has 1 heterocycles. The van der Waals surface area contributed by atoms with Crippen LogP contribution < -0.4 is 5.32 Å². The van der Waals surface area contributed by atoms with Crippen LogP contribution in [0.3, 0.4) is 0 Å². The number of anilines is 1. The number of aromatic nitrogens is 2. The fraction of sp³-hybridized carbons (Fsp3) is 0.320. The molecule has 0 saturated heterocycles. The predicted molar refractivity (Wildman–Crippen MR) is 118 cm³/mol. The van der Waals surface area contributed by atoms with Gasteiger partial charge in [-0.3, -0.25) is 9.48 Å². The molecule has 1 N–H and O–H groups in total. The number of halogens is 4. The average Bonchev–Trinajstić information content (AvgIpc) is 3.76. The molecular weight excluding hydrogens is 466 g/mol. The first kappa shape index (κ1) is 23.1. The highest BCUT2D eigenvalue weighted by atomic mass is 19.4. The number of amides is 1. The number of alkyl halides is 3. The van der Waals surface area contributed by atoms with Crippen LogP contribution in [0.4, 0.5) is 23.2 Å². The molecule has 1 amide bonds. The molecule has 2 aromatic carbocycles. The molecule has 5 rings (SSSR count). The van der Waals surface area contributed by atoms with Gasteiger partial charge in [0.15, 0.2) is 0 Å². The zero-order chi connectivity index (χ0) is 25.0. The quantitative estimate of drug-likeness (QED) is 0.368. The summed E-state index contributed by atoms with van der Waals surface area (Å²) >= 11 is 0. The summed E-state index contributed by atoms with van der Waals surface area (Å²) in [6.07, 6.45) is 1.52. The maximum atomic E-state index is 14.6. The SMILES string of the molecule is COC(=O)c1cc(NC(=O)C2(c3ccc(C(F)(F)F)cc3F)CC2)ccc1-c1cnn(C2CC2)c1. The molecule has 2 aliphatic rings. The number of carbonyl (C=O) groups excluding carboxylic acids is 2. The van der Waals surface area contributed by atoms with Crippen LogP contribution in [-0.4, -0.2) is 28.8 Å². The molecule has 0 spiro atoms. The zero-order valence-electron chi connectivity index (χ0n) is 18.7. The van der Waals surface area contributed by atoms with Crippen molar-refractivity contribution in [2.75, 3.05) is 12.4 Å². The lowest BCUT2D eigenvalue weighted by Crippen LogP contribution is -2.29. The first-order valence-corrected chi connectivity index (χ1v) is 11.1. The lowest BCUT2D eigenvalue weighted by Gasteiger charge is -2.18. The van der Waals surface area contributed by atoms with Crippen LogP contribution in [0.5, 0.6) is 0 Å². The zero-order valence-corrected chi connectivity index (χ0v) is 18.7. The Labute approximate surface area is 197 Å². The van der Waals surface area contributed by atoms with Crippen molar-refractivity contribution in [3.8, 4) is 11.1 Å². The number of rotatable bonds is 6. The van der Waals surface area contributed by atoms with Gasteiger partial charge < -0.3 is 10.1 Å². The van der Waals surface area contributed by atoms with Gasteiger partial charge in [-0.05, 0) is 55.5 Å². The number of hydrogen-bond donors (Lipinski definition) is 1. The number of ether oxygens (including phenoxy) is 1. The van der Waals surface area contributed by atoms with Crippen LogP contribution in [-0.2, 0) is 21.1 Å². The summed E-state index contributed by atoms with van der Waals surface area (Å²) in [5.41, 5.74) is -0.654. The minimum atomic E-state index is -4.68. The fourth-order valence-electron chi connectivity index (χ4n) is 4.24. The molecule has 2 saturated carbocycles. The second-order valence-electron chi connectivity index (χ2n) is 8.92. The Morgan fingerprint density at radius 1 is 1.14 bits per heavy atom. The molecule has 35 heavy (non-hydrogen) atoms. The maximum absolute atomic E-state index is 14.6. The molecule has 3 aromatic rings. The summed E-state index contributed by atoms with van der Waals surface area (Å²) in [5, 5.41) is 7.03. The average molecular weight is 487 g/mol. The molecule has 182 valence electrons. The third-order valence-electron chi connectivity index (χ3n) is 6.51. The second-order valence-corrected chi connectivity index (χ2v) is 8.92. The van der Waals surface area contributed by atoms with Gasteiger partial charge in [0.25, 0.3) is 0 Å². The first-order chi connectivity index (χ1) is 16.6. The summed E-state index contributed by atoms with van der Waals surface area (Å²) in [6.45, 7) is 0. The van der Waals surface area contributed by atoms with Crippen molar-refractivity contribution in [1.29, 1.82) is 0 Å². The number of benzene rings is 2. The number of methoxy groups -OCH3 is 1. The summed E-state index contributed by atoms with van der Waals surface area (Å²) < 4.78 is 60.0. The van der Waals surface area contributed by atoms with Crippen LogP contribution in [0.1, 0.15) is 53.2 Å². The van der Waals surface area contributed by atoms with E-state index in [1.165, 1.54) is 13.2 Å². The molecule has 0 bridgehead atoms. The Hall–Kier alpha value is -3.69. The Morgan fingerprint density at radius 3 is 2.49 bits per heavy atom. The number of hydrogen-bond acceptors (Lipinski definition) is 4. The van der Waals surface area contributed by atoms with E-state index in [4.69, 9.17) is 4.74 Å². The lowest BCUT2D eigenvalue weighted by atomic mass is 9.93. The molecule has 0 unspecified atom stereocenters. The number of esters is 1. The first-order valence-electron chi connectivity index (χ1n) is 11.1. The van der Waals surface area contributed by atoms with Crippen LogP contribution in [0, 0.1) is 5.82 Å². The molecule has 0 radical (unpaired) electrons. The van der Waals surface area contributed by atoms with Crippen LogP contribution in [0.15, 0.2) is 48.8 Å². The third kappa shape index (κ3) is 4.28. The van der Waals surface area contributed by atoms with Gasteiger partial charge in [0.2, 0.25) is 5.91 Å². The Bertz CT molecular complexity index is 1320. The Kier molecular flexibility index (Phi) is 5.41. The van der Waals surface area contributed by atoms with E-state index in [9.17, 15) is 27.2 Å². The van der Waals surface area contributed by atoms with Crippen molar-refractivity contribution in [1.82, 2.24) is 9.78 Å². The largest absolute Gasteiger partial charge is 0.465 e. The normalized spacial score (nSPS) is 16.6. The molecule has 0 atom stereocenters. The van der Waals surface area contributed by atoms with E-state index in [1.54, 1.807) is 18.3 Å². The van der Waals surface area contributed by atoms with Crippen molar-refractivity contribution < 1.29 is 31.9 Å². The van der Waals surface area contributed by atoms with E-state index in [0.717, 1.165) is 30.5 Å². The van der Waals surface area contributed by atoms with Crippen molar-refractivity contribution in [2.24, 2.45) is 0 Å². The number of nitrogens with one attached hydrogen (secondary N) is 1. The summed E-state index contributed by atoms with van der Waals surface area (Å²) in [5.74, 6) is -2.24. The Morgan fingerprint density at radius 2 is 1.89 bits per heavy atom. The van der Waals surface area contributed by atoms with Gasteiger partial charge >= 0.3 is 12.1 Å². The van der Waals surface area contributed by atoms with Crippen molar-refractivity contribution in [3.05, 3.63) is 71.3 Å². The van der Waals surface area contributed by atoms with Crippen LogP contribution in [0.2, 0.25) is 0 Å². The highest BCUT2D eigenvalue weighted by Crippen LogP contribution is 2.50. The molecule has 1 aromatic heterocycles. The Balaban J connectivity index is 1.41. The van der Waals surface area contributed by atoms with E-state index >= 15 is 0 Å². The molecular formula is C25H21F4N3O3. The van der Waals surface area contributed by atoms with Crippen LogP contribution >= 0.6 is 0 Å². The maximum Gasteiger partial charge on any atom is 0.416 e. The molecule has 6 nitrogen and oxygen atoms in total. The number of carbonyl (C=O) groups is 2. The topological polar surface area (TPSA) is 73.2 Å². The van der Waals surface area contributed by atoms with Crippen molar-refractivity contribution in [2.45, 2.75) is 43.3 Å². The molecule has 10 heteroatoms. The van der Waals surface area contributed by atoms with Gasteiger partial charge in [0.1, 0.15) is 5.82 Å². The van der Waals surface area contributed by atoms with Gasteiger partial charge in [-0.1, -0.05) is 12.1 Å². The predicted octanol–water partition coefficient (Wildman–Crippen LogP) is 5.50. The van der Waals surface area contributed by atoms with E-state index in [0.29, 0.717) is 30.5 Å². The molecule has 2 fully saturated rings. The van der Waals surface area contributed by atoms with Gasteiger partial charge in [-0.15, -0.1) is 0 Å². The minimum Gasteiger partial charge on any atom is -0.465 e. The summed E-state index contributed by atoms with van der Waals surface area (Å²) in [4.78, 5) is 25.6. The van der Waals surface area contributed by atoms with Crippen LogP contribution in [0.25, 0.3) is 11.1 Å². The summed E-state index contributed by atoms with van der Waals surface area (Å²) in [7, 11) is 1.25. The molecule has 0 aliphatic heterocycles. The smallest absolute Gasteiger partial charge is 0.416 e. The number of nitrogens with zero attached hydrogens (tertiary/aromatic N) is 2. The van der Waals surface area contributed by atoms with Gasteiger partial charge in [0, 0.05) is 23.0 Å². The monoisotopic (exact) mass is 487 g/mol. The highest BCUT2D eigenvalue weighted by molar-refractivity contribution is 6.04. The second kappa shape index (κ2) is 8.21. The van der Waals surface area contributed by atoms with E-state index in [1.807, 2.05) is 10.9 Å². The van der Waals surface area contributed by atoms with Crippen molar-refractivity contribution >= 4 is 17.6 Å². The van der Waals surface area contributed by atoms with Crippen molar-refractivity contribution in [3.63, 3.8) is 0 Å². The van der Waals surface area contributed by atoms with Gasteiger partial charge in [-0.2, -0.15) is 18.3 Å². The van der Waals surface area contributed by atoms with Gasteiger partial charge in [0.05, 0.1) is 35.9 Å². The van der Waals surface area contributed by atoms with E-state index < -0.39 is 34.8 Å². The summed E-state index contributed by atoms with van der Waals surface area (Å²) in [6, 6.07) is 7.30. The third-order valence-corrected chi connectivity index (χ3v) is 6.51. The van der Waals surface area contributed by atoms with E-state index in [2.05, 4.69) is 10.4 Å². The standard InChI is InChI=1S/C25H21F4N3O3/c1-35-22(33)19-11-16(3-6-18(19)14-12-30-32(13-14)17-4-5-17)31-23(34)24(8-9-24)20-7-2-15(10-21(20)26)25(27,28)29/h2-3,6-7,10-13,17H,4-5,8-9H2,1H3,(H,31,34).